The maximum Gasteiger partial charge on any atom is 0.354 e. The molecule has 1 amide bonds. The largest absolute Gasteiger partial charge is 0.477 e. The number of nitrogens with zero attached hydrogens (tertiary/aromatic N) is 1. The number of halogens is 1. The average Bonchev–Trinajstić information content (AvgIpc) is 2.46. The van der Waals surface area contributed by atoms with E-state index in [1.54, 1.807) is 12.1 Å². The Labute approximate surface area is 120 Å². The topological polar surface area (TPSA) is 79.3 Å². The van der Waals surface area contributed by atoms with E-state index in [-0.39, 0.29) is 11.6 Å². The summed E-state index contributed by atoms with van der Waals surface area (Å²) in [6, 6.07) is 9.83. The zero-order chi connectivity index (χ0) is 14.5. The first-order chi connectivity index (χ1) is 9.56. The third-order valence-corrected chi connectivity index (χ3v) is 2.86. The Morgan fingerprint density at radius 3 is 2.40 bits per heavy atom. The Morgan fingerprint density at radius 2 is 1.85 bits per heavy atom. The van der Waals surface area contributed by atoms with Crippen LogP contribution in [0.25, 0.3) is 0 Å². The van der Waals surface area contributed by atoms with Crippen LogP contribution in [0.5, 0.6) is 0 Å². The van der Waals surface area contributed by atoms with Gasteiger partial charge in [0.1, 0.15) is 5.69 Å². The fourth-order valence-corrected chi connectivity index (χ4v) is 1.67. The zero-order valence-corrected chi connectivity index (χ0v) is 11.1. The quantitative estimate of drug-likeness (QED) is 0.906. The molecule has 2 aromatic rings. The lowest BCUT2D eigenvalue weighted by atomic mass is 10.2. The summed E-state index contributed by atoms with van der Waals surface area (Å²) < 4.78 is 0. The number of aromatic carboxylic acids is 1. The minimum Gasteiger partial charge on any atom is -0.477 e. The highest BCUT2D eigenvalue weighted by atomic mass is 35.5. The van der Waals surface area contributed by atoms with Crippen molar-refractivity contribution >= 4 is 23.5 Å². The second kappa shape index (κ2) is 6.16. The maximum absolute atomic E-state index is 11.8. The van der Waals surface area contributed by atoms with Crippen molar-refractivity contribution in [3.05, 3.63) is 64.4 Å². The molecular weight excluding hydrogens is 280 g/mol. The lowest BCUT2D eigenvalue weighted by Crippen LogP contribution is -2.23. The first-order valence-corrected chi connectivity index (χ1v) is 6.16. The van der Waals surface area contributed by atoms with Crippen molar-refractivity contribution in [1.29, 1.82) is 0 Å². The predicted molar refractivity (Wildman–Crippen MR) is 73.8 cm³/mol. The molecule has 6 heteroatoms. The minimum atomic E-state index is -1.13. The van der Waals surface area contributed by atoms with Gasteiger partial charge < -0.3 is 10.4 Å². The van der Waals surface area contributed by atoms with Gasteiger partial charge in [-0.1, -0.05) is 23.7 Å². The van der Waals surface area contributed by atoms with Crippen LogP contribution in [-0.2, 0) is 6.54 Å². The summed E-state index contributed by atoms with van der Waals surface area (Å²) in [5, 5.41) is 12.1. The number of carbonyl (C=O) groups excluding carboxylic acids is 1. The maximum atomic E-state index is 11.8. The Balaban J connectivity index is 1.97. The summed E-state index contributed by atoms with van der Waals surface area (Å²) in [4.78, 5) is 26.2. The van der Waals surface area contributed by atoms with Crippen LogP contribution in [0.4, 0.5) is 0 Å². The number of benzene rings is 1. The second-order valence-corrected chi connectivity index (χ2v) is 4.48. The highest BCUT2D eigenvalue weighted by Gasteiger charge is 2.08. The number of amides is 1. The Bertz CT molecular complexity index is 624. The molecule has 0 unspecified atom stereocenters. The molecule has 2 rings (SSSR count). The molecule has 0 spiro atoms. The van der Waals surface area contributed by atoms with E-state index in [4.69, 9.17) is 16.7 Å². The number of carboxylic acids is 1. The molecule has 102 valence electrons. The SMILES string of the molecule is O=C(NCc1ccc(Cl)cc1)c1ccc(C(=O)O)nc1. The smallest absolute Gasteiger partial charge is 0.354 e. The van der Waals surface area contributed by atoms with Gasteiger partial charge in [-0.2, -0.15) is 0 Å². The van der Waals surface area contributed by atoms with Gasteiger partial charge in [-0.25, -0.2) is 9.78 Å². The van der Waals surface area contributed by atoms with Crippen LogP contribution in [0.2, 0.25) is 5.02 Å². The standard InChI is InChI=1S/C14H11ClN2O3/c15-11-4-1-9(2-5-11)7-17-13(18)10-3-6-12(14(19)20)16-8-10/h1-6,8H,7H2,(H,17,18)(H,19,20). The molecule has 0 atom stereocenters. The third kappa shape index (κ3) is 3.55. The molecule has 1 aromatic heterocycles. The van der Waals surface area contributed by atoms with Gasteiger partial charge in [0.25, 0.3) is 5.91 Å². The summed E-state index contributed by atoms with van der Waals surface area (Å²) in [5.41, 5.74) is 1.13. The molecule has 1 heterocycles. The summed E-state index contributed by atoms with van der Waals surface area (Å²) in [6.45, 7) is 0.358. The van der Waals surface area contributed by atoms with Crippen molar-refractivity contribution in [3.8, 4) is 0 Å². The van der Waals surface area contributed by atoms with Gasteiger partial charge in [0.2, 0.25) is 0 Å². The number of nitrogens with one attached hydrogen (secondary N) is 1. The van der Waals surface area contributed by atoms with Crippen LogP contribution in [0.3, 0.4) is 0 Å². The summed E-state index contributed by atoms with van der Waals surface area (Å²) in [5.74, 6) is -1.44. The Kier molecular flexibility index (Phi) is 4.32. The fourth-order valence-electron chi connectivity index (χ4n) is 1.54. The van der Waals surface area contributed by atoms with Gasteiger partial charge in [-0.3, -0.25) is 4.79 Å². The summed E-state index contributed by atoms with van der Waals surface area (Å²) >= 11 is 5.77. The molecule has 0 radical (unpaired) electrons. The van der Waals surface area contributed by atoms with E-state index in [2.05, 4.69) is 10.3 Å². The van der Waals surface area contributed by atoms with Crippen molar-refractivity contribution in [1.82, 2.24) is 10.3 Å². The average molecular weight is 291 g/mol. The van der Waals surface area contributed by atoms with Crippen LogP contribution in [0, 0.1) is 0 Å². The van der Waals surface area contributed by atoms with Crippen LogP contribution in [0.15, 0.2) is 42.6 Å². The van der Waals surface area contributed by atoms with Gasteiger partial charge in [0.05, 0.1) is 5.56 Å². The van der Waals surface area contributed by atoms with Crippen LogP contribution >= 0.6 is 11.6 Å². The number of hydrogen-bond acceptors (Lipinski definition) is 3. The van der Waals surface area contributed by atoms with Crippen LogP contribution < -0.4 is 5.32 Å². The Hall–Kier alpha value is -2.40. The molecule has 5 nitrogen and oxygen atoms in total. The molecule has 0 saturated heterocycles. The molecule has 0 aliphatic rings. The van der Waals surface area contributed by atoms with Crippen LogP contribution in [0.1, 0.15) is 26.4 Å². The number of rotatable bonds is 4. The molecule has 20 heavy (non-hydrogen) atoms. The van der Waals surface area contributed by atoms with Gasteiger partial charge in [-0.15, -0.1) is 0 Å². The van der Waals surface area contributed by atoms with Gasteiger partial charge in [-0.05, 0) is 29.8 Å². The van der Waals surface area contributed by atoms with Crippen molar-refractivity contribution in [3.63, 3.8) is 0 Å². The first kappa shape index (κ1) is 14.0. The van der Waals surface area contributed by atoms with E-state index < -0.39 is 5.97 Å². The van der Waals surface area contributed by atoms with Gasteiger partial charge >= 0.3 is 5.97 Å². The van der Waals surface area contributed by atoms with E-state index in [1.165, 1.54) is 18.3 Å². The molecular formula is C14H11ClN2O3. The van der Waals surface area contributed by atoms with Gasteiger partial charge in [0, 0.05) is 17.8 Å². The minimum absolute atomic E-state index is 0.0979. The Morgan fingerprint density at radius 1 is 1.15 bits per heavy atom. The van der Waals surface area contributed by atoms with Crippen molar-refractivity contribution < 1.29 is 14.7 Å². The van der Waals surface area contributed by atoms with Crippen molar-refractivity contribution in [2.24, 2.45) is 0 Å². The van der Waals surface area contributed by atoms with Crippen LogP contribution in [-0.4, -0.2) is 22.0 Å². The predicted octanol–water partition coefficient (Wildman–Crippen LogP) is 2.36. The molecule has 0 aliphatic heterocycles. The van der Waals surface area contributed by atoms with Gasteiger partial charge in [0.15, 0.2) is 0 Å². The van der Waals surface area contributed by atoms with Crippen molar-refractivity contribution in [2.75, 3.05) is 0 Å². The monoisotopic (exact) mass is 290 g/mol. The molecule has 0 fully saturated rings. The number of carbonyl (C=O) groups is 2. The molecule has 0 saturated carbocycles. The van der Waals surface area contributed by atoms with E-state index in [9.17, 15) is 9.59 Å². The number of hydrogen-bond donors (Lipinski definition) is 2. The van der Waals surface area contributed by atoms with E-state index in [0.29, 0.717) is 17.1 Å². The van der Waals surface area contributed by atoms with E-state index in [0.717, 1.165) is 5.56 Å². The fraction of sp³-hybridized carbons (Fsp3) is 0.0714. The lowest BCUT2D eigenvalue weighted by Gasteiger charge is -2.05. The summed E-state index contributed by atoms with van der Waals surface area (Å²) in [7, 11) is 0. The number of aromatic nitrogens is 1. The van der Waals surface area contributed by atoms with E-state index >= 15 is 0 Å². The number of carboxylic acid groups (broad SMARTS) is 1. The highest BCUT2D eigenvalue weighted by molar-refractivity contribution is 6.30. The molecule has 1 aromatic carbocycles. The zero-order valence-electron chi connectivity index (χ0n) is 10.3. The van der Waals surface area contributed by atoms with Crippen molar-refractivity contribution in [2.45, 2.75) is 6.54 Å². The lowest BCUT2D eigenvalue weighted by molar-refractivity contribution is 0.0689. The number of pyridine rings is 1. The highest BCUT2D eigenvalue weighted by Crippen LogP contribution is 2.09. The normalized spacial score (nSPS) is 10.1. The third-order valence-electron chi connectivity index (χ3n) is 2.61. The molecule has 2 N–H and O–H groups in total. The van der Waals surface area contributed by atoms with E-state index in [1.807, 2.05) is 12.1 Å². The second-order valence-electron chi connectivity index (χ2n) is 4.05. The molecule has 0 bridgehead atoms. The molecule has 0 aliphatic carbocycles. The summed E-state index contributed by atoms with van der Waals surface area (Å²) in [6.07, 6.45) is 1.24. The first-order valence-electron chi connectivity index (χ1n) is 5.78.